The molecule has 3 N–H and O–H groups in total. The van der Waals surface area contributed by atoms with E-state index in [1.54, 1.807) is 12.3 Å². The summed E-state index contributed by atoms with van der Waals surface area (Å²) in [4.78, 5) is 7.38. The Morgan fingerprint density at radius 1 is 1.12 bits per heavy atom. The van der Waals surface area contributed by atoms with Crippen LogP contribution in [0.1, 0.15) is 29.5 Å². The SMILES string of the molecule is Cc1ccc(-c2[nH]c3c(C(F)(F)F)cccc3c2CCCCN)nc1. The molecule has 0 amide bonds. The number of rotatable bonds is 5. The molecule has 0 saturated carbocycles. The van der Waals surface area contributed by atoms with Crippen LogP contribution >= 0.6 is 0 Å². The van der Waals surface area contributed by atoms with Crippen molar-refractivity contribution in [3.05, 3.63) is 53.2 Å². The number of para-hydroxylation sites is 1. The number of alkyl halides is 3. The molecular formula is C19H20F3N3. The van der Waals surface area contributed by atoms with Crippen molar-refractivity contribution in [2.45, 2.75) is 32.4 Å². The number of nitrogens with one attached hydrogen (secondary N) is 1. The number of halogens is 3. The summed E-state index contributed by atoms with van der Waals surface area (Å²) in [5.74, 6) is 0. The fraction of sp³-hybridized carbons (Fsp3) is 0.316. The molecule has 2 heterocycles. The quantitative estimate of drug-likeness (QED) is 0.649. The second-order valence-corrected chi connectivity index (χ2v) is 6.17. The molecule has 2 aromatic heterocycles. The van der Waals surface area contributed by atoms with Crippen molar-refractivity contribution in [2.24, 2.45) is 5.73 Å². The summed E-state index contributed by atoms with van der Waals surface area (Å²) in [5.41, 5.74) is 8.20. The molecule has 3 rings (SSSR count). The summed E-state index contributed by atoms with van der Waals surface area (Å²) >= 11 is 0. The van der Waals surface area contributed by atoms with Gasteiger partial charge in [-0.2, -0.15) is 13.2 Å². The minimum atomic E-state index is -4.41. The normalized spacial score (nSPS) is 12.0. The maximum atomic E-state index is 13.4. The van der Waals surface area contributed by atoms with E-state index in [0.717, 1.165) is 30.0 Å². The van der Waals surface area contributed by atoms with Gasteiger partial charge in [0.25, 0.3) is 0 Å². The van der Waals surface area contributed by atoms with Crippen LogP contribution in [0.4, 0.5) is 13.2 Å². The number of nitrogens with zero attached hydrogens (tertiary/aromatic N) is 1. The number of fused-ring (bicyclic) bond motifs is 1. The molecule has 6 heteroatoms. The highest BCUT2D eigenvalue weighted by Crippen LogP contribution is 2.38. The van der Waals surface area contributed by atoms with E-state index in [-0.39, 0.29) is 5.52 Å². The third-order valence-corrected chi connectivity index (χ3v) is 4.30. The van der Waals surface area contributed by atoms with Gasteiger partial charge >= 0.3 is 6.18 Å². The van der Waals surface area contributed by atoms with Crippen molar-refractivity contribution in [1.29, 1.82) is 0 Å². The average Bonchev–Trinajstić information content (AvgIpc) is 2.93. The molecule has 0 bridgehead atoms. The second-order valence-electron chi connectivity index (χ2n) is 6.17. The molecule has 0 unspecified atom stereocenters. The number of aromatic nitrogens is 2. The van der Waals surface area contributed by atoms with Crippen LogP contribution in [0.2, 0.25) is 0 Å². The molecule has 0 aliphatic carbocycles. The smallest absolute Gasteiger partial charge is 0.353 e. The summed E-state index contributed by atoms with van der Waals surface area (Å²) < 4.78 is 40.1. The number of H-pyrrole nitrogens is 1. The Kier molecular flexibility index (Phi) is 4.81. The van der Waals surface area contributed by atoms with Gasteiger partial charge in [0.2, 0.25) is 0 Å². The van der Waals surface area contributed by atoms with Gasteiger partial charge in [0.15, 0.2) is 0 Å². The van der Waals surface area contributed by atoms with Crippen LogP contribution in [0.25, 0.3) is 22.3 Å². The molecule has 3 aromatic rings. The topological polar surface area (TPSA) is 54.7 Å². The number of pyridine rings is 1. The first-order valence-electron chi connectivity index (χ1n) is 8.25. The Labute approximate surface area is 144 Å². The molecule has 0 spiro atoms. The number of nitrogens with two attached hydrogens (primary N) is 1. The van der Waals surface area contributed by atoms with Crippen LogP contribution in [0.15, 0.2) is 36.5 Å². The van der Waals surface area contributed by atoms with Crippen molar-refractivity contribution in [3.8, 4) is 11.4 Å². The van der Waals surface area contributed by atoms with Crippen molar-refractivity contribution < 1.29 is 13.2 Å². The molecule has 1 aromatic carbocycles. The Morgan fingerprint density at radius 2 is 1.92 bits per heavy atom. The first kappa shape index (κ1) is 17.5. The van der Waals surface area contributed by atoms with E-state index in [4.69, 9.17) is 5.73 Å². The van der Waals surface area contributed by atoms with Gasteiger partial charge in [-0.05, 0) is 56.0 Å². The fourth-order valence-electron chi connectivity index (χ4n) is 3.05. The third kappa shape index (κ3) is 3.54. The minimum absolute atomic E-state index is 0.120. The van der Waals surface area contributed by atoms with Gasteiger partial charge in [-0.15, -0.1) is 0 Å². The van der Waals surface area contributed by atoms with Gasteiger partial charge < -0.3 is 10.7 Å². The van der Waals surface area contributed by atoms with E-state index in [1.807, 2.05) is 19.1 Å². The van der Waals surface area contributed by atoms with Gasteiger partial charge in [-0.1, -0.05) is 18.2 Å². The number of aryl methyl sites for hydroxylation is 2. The van der Waals surface area contributed by atoms with Crippen molar-refractivity contribution in [3.63, 3.8) is 0 Å². The lowest BCUT2D eigenvalue weighted by atomic mass is 10.0. The number of unbranched alkanes of at least 4 members (excludes halogenated alkanes) is 1. The molecule has 3 nitrogen and oxygen atoms in total. The lowest BCUT2D eigenvalue weighted by Gasteiger charge is -2.07. The van der Waals surface area contributed by atoms with E-state index in [1.165, 1.54) is 6.07 Å². The van der Waals surface area contributed by atoms with E-state index < -0.39 is 11.7 Å². The maximum Gasteiger partial charge on any atom is 0.418 e. The maximum absolute atomic E-state index is 13.4. The van der Waals surface area contributed by atoms with Gasteiger partial charge in [0.1, 0.15) is 0 Å². The summed E-state index contributed by atoms with van der Waals surface area (Å²) in [6.45, 7) is 2.49. The highest BCUT2D eigenvalue weighted by molar-refractivity contribution is 5.92. The molecule has 0 aliphatic rings. The molecule has 0 radical (unpaired) electrons. The number of benzene rings is 1. The van der Waals surface area contributed by atoms with Gasteiger partial charge in [0, 0.05) is 11.6 Å². The average molecular weight is 347 g/mol. The Bertz CT molecular complexity index is 864. The first-order chi connectivity index (χ1) is 11.9. The highest BCUT2D eigenvalue weighted by atomic mass is 19.4. The number of aromatic amines is 1. The van der Waals surface area contributed by atoms with E-state index in [9.17, 15) is 13.2 Å². The highest BCUT2D eigenvalue weighted by Gasteiger charge is 2.34. The third-order valence-electron chi connectivity index (χ3n) is 4.30. The molecule has 132 valence electrons. The standard InChI is InChI=1S/C19H20F3N3/c1-12-8-9-16(24-11-12)18-14(5-2-3-10-23)13-6-4-7-15(17(13)25-18)19(20,21)22/h4,6-9,11,25H,2-3,5,10,23H2,1H3. The molecular weight excluding hydrogens is 327 g/mol. The van der Waals surface area contributed by atoms with Crippen LogP contribution in [0, 0.1) is 6.92 Å². The number of hydrogen-bond donors (Lipinski definition) is 2. The van der Waals surface area contributed by atoms with E-state index >= 15 is 0 Å². The van der Waals surface area contributed by atoms with Crippen LogP contribution in [0.5, 0.6) is 0 Å². The molecule has 0 atom stereocenters. The van der Waals surface area contributed by atoms with Gasteiger partial charge in [-0.25, -0.2) is 0 Å². The predicted octanol–water partition coefficient (Wildman–Crippen LogP) is 4.84. The molecule has 0 saturated heterocycles. The Balaban J connectivity index is 2.19. The Hall–Kier alpha value is -2.34. The van der Waals surface area contributed by atoms with Gasteiger partial charge in [-0.3, -0.25) is 4.98 Å². The molecule has 0 fully saturated rings. The number of hydrogen-bond acceptors (Lipinski definition) is 2. The fourth-order valence-corrected chi connectivity index (χ4v) is 3.05. The zero-order valence-electron chi connectivity index (χ0n) is 14.0. The summed E-state index contributed by atoms with van der Waals surface area (Å²) in [7, 11) is 0. The van der Waals surface area contributed by atoms with Crippen LogP contribution in [-0.4, -0.2) is 16.5 Å². The van der Waals surface area contributed by atoms with Crippen molar-refractivity contribution >= 4 is 10.9 Å². The lowest BCUT2D eigenvalue weighted by molar-refractivity contribution is -0.136. The van der Waals surface area contributed by atoms with Gasteiger partial charge in [0.05, 0.1) is 22.5 Å². The zero-order valence-corrected chi connectivity index (χ0v) is 14.0. The van der Waals surface area contributed by atoms with Crippen LogP contribution in [-0.2, 0) is 12.6 Å². The predicted molar refractivity (Wildman–Crippen MR) is 93.3 cm³/mol. The van der Waals surface area contributed by atoms with Crippen molar-refractivity contribution in [2.75, 3.05) is 6.54 Å². The summed E-state index contributed by atoms with van der Waals surface area (Å²) in [6, 6.07) is 8.03. The van der Waals surface area contributed by atoms with Crippen LogP contribution in [0.3, 0.4) is 0 Å². The molecule has 25 heavy (non-hydrogen) atoms. The zero-order chi connectivity index (χ0) is 18.0. The summed E-state index contributed by atoms with van der Waals surface area (Å²) in [6.07, 6.45) is -0.388. The van der Waals surface area contributed by atoms with Crippen LogP contribution < -0.4 is 5.73 Å². The second kappa shape index (κ2) is 6.88. The van der Waals surface area contributed by atoms with Crippen molar-refractivity contribution in [1.82, 2.24) is 9.97 Å². The largest absolute Gasteiger partial charge is 0.418 e. The minimum Gasteiger partial charge on any atom is -0.353 e. The lowest BCUT2D eigenvalue weighted by Crippen LogP contribution is -2.05. The molecule has 0 aliphatic heterocycles. The van der Waals surface area contributed by atoms with E-state index in [2.05, 4.69) is 9.97 Å². The summed E-state index contributed by atoms with van der Waals surface area (Å²) in [5, 5.41) is 0.601. The monoisotopic (exact) mass is 347 g/mol. The van der Waals surface area contributed by atoms with E-state index in [0.29, 0.717) is 29.7 Å². The Morgan fingerprint density at radius 3 is 2.56 bits per heavy atom. The first-order valence-corrected chi connectivity index (χ1v) is 8.25.